The van der Waals surface area contributed by atoms with Crippen molar-refractivity contribution >= 4 is 20.7 Å². The Balaban J connectivity index is 2.41. The number of benzene rings is 1. The third-order valence-corrected chi connectivity index (χ3v) is 4.78. The molecule has 0 saturated heterocycles. The standard InChI is InChI=1S/C17H16N2O3S/c1-11-13(7-5-9-18-11)17-14(22-2)10-12-6-4-8-15(16(12)19-17)23(3,20)21/h4-10H,1-3H3. The highest BCUT2D eigenvalue weighted by molar-refractivity contribution is 7.91. The molecule has 0 spiro atoms. The van der Waals surface area contributed by atoms with Crippen LogP contribution in [-0.2, 0) is 9.84 Å². The molecule has 0 radical (unpaired) electrons. The second-order valence-electron chi connectivity index (χ2n) is 5.28. The second kappa shape index (κ2) is 5.62. The van der Waals surface area contributed by atoms with E-state index in [1.165, 1.54) is 6.26 Å². The molecule has 0 unspecified atom stereocenters. The van der Waals surface area contributed by atoms with Gasteiger partial charge in [0.25, 0.3) is 0 Å². The minimum absolute atomic E-state index is 0.209. The van der Waals surface area contributed by atoms with Crippen molar-refractivity contribution in [2.24, 2.45) is 0 Å². The number of fused-ring (bicyclic) bond motifs is 1. The lowest BCUT2D eigenvalue weighted by Crippen LogP contribution is -2.01. The summed E-state index contributed by atoms with van der Waals surface area (Å²) in [5.41, 5.74) is 2.64. The van der Waals surface area contributed by atoms with Gasteiger partial charge in [-0.2, -0.15) is 0 Å². The van der Waals surface area contributed by atoms with Crippen LogP contribution in [-0.4, -0.2) is 31.8 Å². The topological polar surface area (TPSA) is 69.2 Å². The van der Waals surface area contributed by atoms with Crippen LogP contribution < -0.4 is 4.74 Å². The van der Waals surface area contributed by atoms with Gasteiger partial charge in [-0.25, -0.2) is 13.4 Å². The summed E-state index contributed by atoms with van der Waals surface area (Å²) in [6, 6.07) is 10.6. The average molecular weight is 328 g/mol. The number of rotatable bonds is 3. The van der Waals surface area contributed by atoms with Gasteiger partial charge >= 0.3 is 0 Å². The minimum atomic E-state index is -3.38. The summed E-state index contributed by atoms with van der Waals surface area (Å²) in [7, 11) is -1.81. The quantitative estimate of drug-likeness (QED) is 0.739. The van der Waals surface area contributed by atoms with E-state index in [1.807, 2.05) is 25.1 Å². The highest BCUT2D eigenvalue weighted by Crippen LogP contribution is 2.34. The molecule has 3 aromatic rings. The number of hydrogen-bond acceptors (Lipinski definition) is 5. The summed E-state index contributed by atoms with van der Waals surface area (Å²) in [5.74, 6) is 0.583. The molecule has 0 aliphatic heterocycles. The van der Waals surface area contributed by atoms with Crippen LogP contribution in [0.3, 0.4) is 0 Å². The zero-order valence-electron chi connectivity index (χ0n) is 13.1. The van der Waals surface area contributed by atoms with Crippen molar-refractivity contribution in [1.29, 1.82) is 0 Å². The van der Waals surface area contributed by atoms with E-state index in [0.29, 0.717) is 17.0 Å². The van der Waals surface area contributed by atoms with E-state index in [9.17, 15) is 8.42 Å². The number of methoxy groups -OCH3 is 1. The van der Waals surface area contributed by atoms with Gasteiger partial charge < -0.3 is 4.74 Å². The molecule has 0 bridgehead atoms. The fourth-order valence-electron chi connectivity index (χ4n) is 2.53. The van der Waals surface area contributed by atoms with E-state index in [0.717, 1.165) is 16.6 Å². The molecule has 2 aromatic heterocycles. The van der Waals surface area contributed by atoms with E-state index in [1.54, 1.807) is 31.5 Å². The first-order chi connectivity index (χ1) is 10.9. The smallest absolute Gasteiger partial charge is 0.177 e. The molecule has 0 aliphatic rings. The Kier molecular flexibility index (Phi) is 3.77. The summed E-state index contributed by atoms with van der Waals surface area (Å²) >= 11 is 0. The van der Waals surface area contributed by atoms with Gasteiger partial charge in [0.1, 0.15) is 11.4 Å². The van der Waals surface area contributed by atoms with E-state index in [2.05, 4.69) is 9.97 Å². The molecule has 2 heterocycles. The molecule has 6 heteroatoms. The SMILES string of the molecule is COc1cc2cccc(S(C)(=O)=O)c2nc1-c1cccnc1C. The van der Waals surface area contributed by atoms with Crippen molar-refractivity contribution < 1.29 is 13.2 Å². The summed E-state index contributed by atoms with van der Waals surface area (Å²) in [4.78, 5) is 9.08. The van der Waals surface area contributed by atoms with Crippen molar-refractivity contribution in [3.63, 3.8) is 0 Å². The van der Waals surface area contributed by atoms with E-state index in [4.69, 9.17) is 4.74 Å². The first-order valence-electron chi connectivity index (χ1n) is 7.01. The average Bonchev–Trinajstić information content (AvgIpc) is 2.52. The number of pyridine rings is 2. The predicted octanol–water partition coefficient (Wildman–Crippen LogP) is 3.02. The van der Waals surface area contributed by atoms with E-state index >= 15 is 0 Å². The van der Waals surface area contributed by atoms with Gasteiger partial charge in [-0.3, -0.25) is 4.98 Å². The Hall–Kier alpha value is -2.47. The Labute approximate surface area is 134 Å². The zero-order chi connectivity index (χ0) is 16.6. The Morgan fingerprint density at radius 3 is 2.57 bits per heavy atom. The maximum absolute atomic E-state index is 12.0. The molecule has 3 rings (SSSR count). The lowest BCUT2D eigenvalue weighted by atomic mass is 10.1. The molecule has 118 valence electrons. The van der Waals surface area contributed by atoms with Crippen LogP contribution in [0.5, 0.6) is 5.75 Å². The third kappa shape index (κ3) is 2.77. The fourth-order valence-corrected chi connectivity index (χ4v) is 3.37. The van der Waals surface area contributed by atoms with Gasteiger partial charge in [0, 0.05) is 29.1 Å². The number of ether oxygens (including phenoxy) is 1. The van der Waals surface area contributed by atoms with Gasteiger partial charge in [-0.1, -0.05) is 12.1 Å². The molecule has 5 nitrogen and oxygen atoms in total. The Bertz CT molecular complexity index is 998. The lowest BCUT2D eigenvalue weighted by Gasteiger charge is -2.12. The van der Waals surface area contributed by atoms with Crippen molar-refractivity contribution in [1.82, 2.24) is 9.97 Å². The van der Waals surface area contributed by atoms with Gasteiger partial charge in [0.05, 0.1) is 17.5 Å². The van der Waals surface area contributed by atoms with Crippen LogP contribution in [0.2, 0.25) is 0 Å². The summed E-state index contributed by atoms with van der Waals surface area (Å²) in [6.45, 7) is 1.88. The third-order valence-electron chi connectivity index (χ3n) is 3.66. The maximum Gasteiger partial charge on any atom is 0.177 e. The van der Waals surface area contributed by atoms with Crippen molar-refractivity contribution in [3.8, 4) is 17.0 Å². The molecule has 0 aliphatic carbocycles. The highest BCUT2D eigenvalue weighted by atomic mass is 32.2. The van der Waals surface area contributed by atoms with Gasteiger partial charge in [-0.05, 0) is 31.2 Å². The van der Waals surface area contributed by atoms with Crippen LogP contribution in [0.15, 0.2) is 47.5 Å². The molecule has 1 aromatic carbocycles. The highest BCUT2D eigenvalue weighted by Gasteiger charge is 2.17. The predicted molar refractivity (Wildman–Crippen MR) is 89.4 cm³/mol. The first kappa shape index (κ1) is 15.4. The Morgan fingerprint density at radius 1 is 1.13 bits per heavy atom. The maximum atomic E-state index is 12.0. The monoisotopic (exact) mass is 328 g/mol. The van der Waals surface area contributed by atoms with E-state index < -0.39 is 9.84 Å². The summed E-state index contributed by atoms with van der Waals surface area (Å²) in [6.07, 6.45) is 2.89. The molecule has 0 N–H and O–H groups in total. The van der Waals surface area contributed by atoms with Crippen LogP contribution in [0.25, 0.3) is 22.2 Å². The molecule has 0 saturated carbocycles. The number of sulfone groups is 1. The van der Waals surface area contributed by atoms with Crippen molar-refractivity contribution in [2.75, 3.05) is 13.4 Å². The fraction of sp³-hybridized carbons (Fsp3) is 0.176. The molecule has 0 amide bonds. The van der Waals surface area contributed by atoms with Crippen LogP contribution >= 0.6 is 0 Å². The van der Waals surface area contributed by atoms with Crippen molar-refractivity contribution in [3.05, 3.63) is 48.3 Å². The minimum Gasteiger partial charge on any atom is -0.494 e. The van der Waals surface area contributed by atoms with Crippen molar-refractivity contribution in [2.45, 2.75) is 11.8 Å². The summed E-state index contributed by atoms with van der Waals surface area (Å²) in [5, 5.41) is 0.718. The Morgan fingerprint density at radius 2 is 1.91 bits per heavy atom. The molecule has 0 fully saturated rings. The molecular formula is C17H16N2O3S. The summed E-state index contributed by atoms with van der Waals surface area (Å²) < 4.78 is 29.5. The second-order valence-corrected chi connectivity index (χ2v) is 7.26. The largest absolute Gasteiger partial charge is 0.494 e. The zero-order valence-corrected chi connectivity index (χ0v) is 13.9. The number of nitrogens with zero attached hydrogens (tertiary/aromatic N) is 2. The van der Waals surface area contributed by atoms with Gasteiger partial charge in [0.15, 0.2) is 9.84 Å². The number of aryl methyl sites for hydroxylation is 1. The first-order valence-corrected chi connectivity index (χ1v) is 8.91. The molecule has 0 atom stereocenters. The molecule has 23 heavy (non-hydrogen) atoms. The van der Waals surface area contributed by atoms with Crippen LogP contribution in [0.1, 0.15) is 5.69 Å². The van der Waals surface area contributed by atoms with E-state index in [-0.39, 0.29) is 4.90 Å². The number of para-hydroxylation sites is 1. The van der Waals surface area contributed by atoms with Crippen LogP contribution in [0, 0.1) is 6.92 Å². The number of hydrogen-bond donors (Lipinski definition) is 0. The van der Waals surface area contributed by atoms with Gasteiger partial charge in [0.2, 0.25) is 0 Å². The van der Waals surface area contributed by atoms with Gasteiger partial charge in [-0.15, -0.1) is 0 Å². The van der Waals surface area contributed by atoms with Crippen LogP contribution in [0.4, 0.5) is 0 Å². The lowest BCUT2D eigenvalue weighted by molar-refractivity contribution is 0.415. The normalized spacial score (nSPS) is 11.6. The number of aromatic nitrogens is 2. The molecular weight excluding hydrogens is 312 g/mol.